The van der Waals surface area contributed by atoms with Gasteiger partial charge in [0, 0.05) is 44.8 Å². The van der Waals surface area contributed by atoms with E-state index in [0.717, 1.165) is 44.1 Å². The van der Waals surface area contributed by atoms with Crippen molar-refractivity contribution in [2.45, 2.75) is 263 Å². The van der Waals surface area contributed by atoms with Gasteiger partial charge in [-0.05, 0) is 169 Å². The Kier molecular flexibility index (Phi) is 24.2. The summed E-state index contributed by atoms with van der Waals surface area (Å²) < 4.78 is 9.67. The number of aromatic nitrogens is 6. The van der Waals surface area contributed by atoms with Crippen molar-refractivity contribution >= 4 is 65.7 Å². The van der Waals surface area contributed by atoms with Crippen LogP contribution in [0.2, 0.25) is 0 Å². The van der Waals surface area contributed by atoms with Crippen molar-refractivity contribution in [1.29, 1.82) is 0 Å². The molecule has 0 aliphatic carbocycles. The normalized spacial score (nSPS) is 12.6. The summed E-state index contributed by atoms with van der Waals surface area (Å²) >= 11 is 0. The van der Waals surface area contributed by atoms with Crippen LogP contribution in [0.1, 0.15) is 308 Å². The predicted octanol–water partition coefficient (Wildman–Crippen LogP) is 25.8. The molecule has 0 unspecified atom stereocenters. The third-order valence-corrected chi connectivity index (χ3v) is 21.2. The van der Waals surface area contributed by atoms with E-state index in [0.29, 0.717) is 47.3 Å². The SMILES string of the molecule is CC(C)(C)c1ccc2[n-]c3ccc(C(C)(C)C)cc3c2c1.CC(C)(C)c1ccc2[n-]c3ccc(C(C)(C)C)cc3c2c1.CC(C)c1cccc(C(C)C)c1-n1[c-][n+](-c2c(C(C)C)cccc2C(C)C)c2cc3c(cc21)n(-c1c(C(C)C)cccc1C(C)C)[c-][n+]3-c1c(C(C)C)cccc1C(C)C.[Au].[Au]. The van der Waals surface area contributed by atoms with Gasteiger partial charge in [0.25, 0.3) is 12.7 Å². The second-order valence-corrected chi connectivity index (χ2v) is 35.9. The molecule has 13 aromatic rings. The van der Waals surface area contributed by atoms with Gasteiger partial charge >= 0.3 is 0 Å². The molecule has 104 heavy (non-hydrogen) atoms. The summed E-state index contributed by atoms with van der Waals surface area (Å²) in [6.45, 7) is 64.3. The average molecular weight is 1750 g/mol. The van der Waals surface area contributed by atoms with E-state index in [9.17, 15) is 0 Å². The molecule has 2 radical (unpaired) electrons. The molecule has 6 nitrogen and oxygen atoms in total. The first-order valence-electron chi connectivity index (χ1n) is 38.2. The molecule has 4 aromatic heterocycles. The second kappa shape index (κ2) is 31.1. The van der Waals surface area contributed by atoms with Gasteiger partial charge in [-0.2, -0.15) is 0 Å². The van der Waals surface area contributed by atoms with Gasteiger partial charge in [0.2, 0.25) is 0 Å². The fourth-order valence-corrected chi connectivity index (χ4v) is 15.0. The fourth-order valence-electron chi connectivity index (χ4n) is 15.0. The maximum atomic E-state index is 4.76. The number of fused-ring (bicyclic) bond motifs is 8. The van der Waals surface area contributed by atoms with Crippen LogP contribution in [0, 0.1) is 12.7 Å². The summed E-state index contributed by atoms with van der Waals surface area (Å²) in [5.41, 5.74) is 30.7. The van der Waals surface area contributed by atoms with E-state index in [2.05, 4.69) is 383 Å². The predicted molar refractivity (Wildman–Crippen MR) is 438 cm³/mol. The van der Waals surface area contributed by atoms with E-state index in [1.54, 1.807) is 0 Å². The van der Waals surface area contributed by atoms with Crippen LogP contribution in [-0.2, 0) is 66.4 Å². The van der Waals surface area contributed by atoms with Crippen molar-refractivity contribution in [2.75, 3.05) is 0 Å². The summed E-state index contributed by atoms with van der Waals surface area (Å²) in [6.07, 6.45) is 8.22. The molecule has 556 valence electrons. The summed E-state index contributed by atoms with van der Waals surface area (Å²) in [5, 5.41) is 5.12. The number of benzene rings is 9. The monoisotopic (exact) mass is 1750 g/mol. The molecule has 0 aliphatic heterocycles. The number of hydrogen-bond acceptors (Lipinski definition) is 0. The summed E-state index contributed by atoms with van der Waals surface area (Å²) in [5.74, 6) is 2.58. The maximum absolute atomic E-state index is 4.76. The number of nitrogens with zero attached hydrogens (tertiary/aromatic N) is 6. The van der Waals surface area contributed by atoms with Gasteiger partial charge in [-0.25, -0.2) is 0 Å². The van der Waals surface area contributed by atoms with Crippen LogP contribution < -0.4 is 19.1 Å². The van der Waals surface area contributed by atoms with Gasteiger partial charge in [0.1, 0.15) is 0 Å². The van der Waals surface area contributed by atoms with E-state index in [1.807, 2.05) is 0 Å². The van der Waals surface area contributed by atoms with Crippen molar-refractivity contribution in [1.82, 2.24) is 19.1 Å². The number of rotatable bonds is 12. The molecule has 0 bridgehead atoms. The molecule has 0 fully saturated rings. The van der Waals surface area contributed by atoms with Gasteiger partial charge in [-0.15, -0.1) is 22.1 Å². The van der Waals surface area contributed by atoms with Crippen LogP contribution in [-0.4, -0.2) is 9.13 Å². The molecule has 13 rings (SSSR count). The largest absolute Gasteiger partial charge is 0.657 e. The number of para-hydroxylation sites is 4. The smallest absolute Gasteiger partial charge is 0.269 e. The quantitative estimate of drug-likeness (QED) is 0.0695. The van der Waals surface area contributed by atoms with Gasteiger partial charge in [0.05, 0.1) is 44.8 Å². The third kappa shape index (κ3) is 16.0. The fraction of sp³-hybridized carbons (Fsp3) is 0.417. The molecule has 0 saturated heterocycles. The van der Waals surface area contributed by atoms with E-state index in [4.69, 9.17) is 9.97 Å². The van der Waals surface area contributed by atoms with Crippen LogP contribution in [0.5, 0.6) is 0 Å². The number of imidazole rings is 2. The topological polar surface area (TPSA) is 45.8 Å². The summed E-state index contributed by atoms with van der Waals surface area (Å²) in [6, 6.07) is 59.2. The molecule has 0 amide bonds. The zero-order chi connectivity index (χ0) is 74.3. The first kappa shape index (κ1) is 81.1. The Morgan fingerprint density at radius 3 is 0.692 bits per heavy atom. The number of hydrogen-bond donors (Lipinski definition) is 0. The van der Waals surface area contributed by atoms with E-state index in [1.165, 1.54) is 111 Å². The minimum atomic E-state index is 0. The summed E-state index contributed by atoms with van der Waals surface area (Å²) in [7, 11) is 0. The molecule has 0 atom stereocenters. The summed E-state index contributed by atoms with van der Waals surface area (Å²) in [4.78, 5) is 9.52. The van der Waals surface area contributed by atoms with Crippen molar-refractivity contribution in [3.05, 3.63) is 237 Å². The Morgan fingerprint density at radius 1 is 0.279 bits per heavy atom. The molecular formula is C96H118Au2N6-2. The minimum absolute atomic E-state index is 0. The third-order valence-electron chi connectivity index (χ3n) is 21.2. The second-order valence-electron chi connectivity index (χ2n) is 35.9. The van der Waals surface area contributed by atoms with E-state index >= 15 is 0 Å². The van der Waals surface area contributed by atoms with Crippen LogP contribution >= 0.6 is 0 Å². The van der Waals surface area contributed by atoms with Gasteiger partial charge in [-0.3, -0.25) is 18.3 Å². The van der Waals surface area contributed by atoms with Crippen LogP contribution in [0.25, 0.3) is 88.4 Å². The molecule has 4 heterocycles. The van der Waals surface area contributed by atoms with Crippen molar-refractivity contribution in [3.63, 3.8) is 0 Å². The Labute approximate surface area is 656 Å². The minimum Gasteiger partial charge on any atom is -0.657 e. The molecule has 0 spiro atoms. The Balaban J connectivity index is 0.000000230. The molecule has 0 saturated carbocycles. The van der Waals surface area contributed by atoms with Crippen molar-refractivity contribution in [3.8, 4) is 22.7 Å². The maximum Gasteiger partial charge on any atom is 0.269 e. The molecule has 8 heteroatoms. The zero-order valence-corrected chi connectivity index (χ0v) is 72.2. The Hall–Kier alpha value is -7.00. The van der Waals surface area contributed by atoms with Gasteiger partial charge in [-0.1, -0.05) is 339 Å². The molecule has 0 N–H and O–H groups in total. The first-order valence-corrected chi connectivity index (χ1v) is 38.2. The standard InChI is InChI=1S/C56H70N4.2C20H24N.2Au/c1-33(2)41-21-17-22-42(34(3)4)53(41)57-31-58(54-43(35(5)6)23-18-24-44(54)36(7)8)50-30-52-51(29-49(50)57)59(55-45(37(9)10)25-19-26-46(55)38(11)12)32-60(52)56-47(39(13)14)27-20-28-48(56)40(15)16;2*1-19(2,3)13-7-9-17-15(11-13)16-12-14(20(4,5)6)8-10-18(16)21-17;;/h17-30,33-40H,1-16H3;2*7-12H,1-6H3;;/q;2*-1;;. The zero-order valence-electron chi connectivity index (χ0n) is 67.9. The van der Waals surface area contributed by atoms with Crippen molar-refractivity contribution in [2.24, 2.45) is 0 Å². The first-order chi connectivity index (χ1) is 47.8. The Morgan fingerprint density at radius 2 is 0.490 bits per heavy atom. The molecular weight excluding hydrogens is 1630 g/mol. The van der Waals surface area contributed by atoms with E-state index in [-0.39, 0.29) is 66.4 Å². The van der Waals surface area contributed by atoms with Crippen LogP contribution in [0.3, 0.4) is 0 Å². The average Bonchev–Trinajstić information content (AvgIpc) is 1.55. The van der Waals surface area contributed by atoms with Crippen LogP contribution in [0.4, 0.5) is 0 Å². The van der Waals surface area contributed by atoms with Crippen LogP contribution in [0.15, 0.2) is 158 Å². The van der Waals surface area contributed by atoms with Crippen molar-refractivity contribution < 1.29 is 53.9 Å². The Bertz CT molecular complexity index is 4490. The molecule has 9 aromatic carbocycles. The van der Waals surface area contributed by atoms with E-state index < -0.39 is 0 Å². The van der Waals surface area contributed by atoms with Gasteiger partial charge in [0.15, 0.2) is 0 Å². The molecule has 0 aliphatic rings. The van der Waals surface area contributed by atoms with Gasteiger partial charge < -0.3 is 9.97 Å².